The number of halogens is 1. The Bertz CT molecular complexity index is 1310. The molecule has 2 aromatic heterocycles. The molecule has 0 radical (unpaired) electrons. The van der Waals surface area contributed by atoms with Crippen LogP contribution < -0.4 is 11.0 Å². The van der Waals surface area contributed by atoms with Crippen LogP contribution in [0.3, 0.4) is 0 Å². The van der Waals surface area contributed by atoms with Crippen LogP contribution in [0, 0.1) is 11.3 Å². The molecule has 0 amide bonds. The van der Waals surface area contributed by atoms with Gasteiger partial charge in [0, 0.05) is 18.0 Å². The number of aromatic nitrogens is 4. The first-order chi connectivity index (χ1) is 14.7. The van der Waals surface area contributed by atoms with Crippen molar-refractivity contribution in [3.8, 4) is 23.0 Å². The van der Waals surface area contributed by atoms with Gasteiger partial charge in [-0.25, -0.2) is 15.4 Å². The van der Waals surface area contributed by atoms with Crippen LogP contribution in [-0.2, 0) is 0 Å². The van der Waals surface area contributed by atoms with Gasteiger partial charge in [-0.15, -0.1) is 0 Å². The monoisotopic (exact) mass is 415 g/mol. The minimum Gasteiger partial charge on any atom is -0.305 e. The highest BCUT2D eigenvalue weighted by molar-refractivity contribution is 6.32. The van der Waals surface area contributed by atoms with Gasteiger partial charge in [0.05, 0.1) is 28.9 Å². The molecule has 8 nitrogen and oxygen atoms in total. The molecule has 2 N–H and O–H groups in total. The van der Waals surface area contributed by atoms with Crippen molar-refractivity contribution in [3.63, 3.8) is 0 Å². The lowest BCUT2D eigenvalue weighted by molar-refractivity contribution is 1.06. The number of rotatable bonds is 5. The second kappa shape index (κ2) is 8.43. The Balaban J connectivity index is 1.58. The number of hydrogen-bond acceptors (Lipinski definition) is 6. The number of hydrazone groups is 1. The summed E-state index contributed by atoms with van der Waals surface area (Å²) in [5, 5.41) is 14.0. The zero-order valence-corrected chi connectivity index (χ0v) is 16.2. The van der Waals surface area contributed by atoms with E-state index in [9.17, 15) is 10.1 Å². The Morgan fingerprint density at radius 2 is 2.07 bits per heavy atom. The molecule has 0 aliphatic carbocycles. The summed E-state index contributed by atoms with van der Waals surface area (Å²) < 4.78 is 1.80. The number of hydrogen-bond donors (Lipinski definition) is 2. The second-order valence-electron chi connectivity index (χ2n) is 6.17. The molecule has 0 saturated carbocycles. The number of anilines is 1. The molecule has 0 fully saturated rings. The van der Waals surface area contributed by atoms with Crippen molar-refractivity contribution in [2.45, 2.75) is 0 Å². The molecule has 4 aromatic rings. The Morgan fingerprint density at radius 1 is 1.23 bits per heavy atom. The average Bonchev–Trinajstić information content (AvgIpc) is 3.29. The van der Waals surface area contributed by atoms with Gasteiger partial charge < -0.3 is 4.57 Å². The van der Waals surface area contributed by atoms with Crippen molar-refractivity contribution in [1.82, 2.24) is 19.5 Å². The summed E-state index contributed by atoms with van der Waals surface area (Å²) in [5.41, 5.74) is 4.58. The fraction of sp³-hybridized carbons (Fsp3) is 0. The van der Waals surface area contributed by atoms with Crippen LogP contribution in [0.5, 0.6) is 0 Å². The van der Waals surface area contributed by atoms with Gasteiger partial charge in [-0.1, -0.05) is 48.0 Å². The van der Waals surface area contributed by atoms with Gasteiger partial charge in [0.2, 0.25) is 5.95 Å². The lowest BCUT2D eigenvalue weighted by atomic mass is 10.1. The second-order valence-corrected chi connectivity index (χ2v) is 6.57. The van der Waals surface area contributed by atoms with E-state index < -0.39 is 5.56 Å². The lowest BCUT2D eigenvalue weighted by Crippen LogP contribution is -2.16. The molecule has 9 heteroatoms. The van der Waals surface area contributed by atoms with Crippen LogP contribution in [0.1, 0.15) is 11.1 Å². The molecule has 0 bridgehead atoms. The Morgan fingerprint density at radius 3 is 2.77 bits per heavy atom. The van der Waals surface area contributed by atoms with Crippen molar-refractivity contribution in [3.05, 3.63) is 93.8 Å². The quantitative estimate of drug-likeness (QED) is 0.382. The van der Waals surface area contributed by atoms with E-state index in [1.54, 1.807) is 47.7 Å². The van der Waals surface area contributed by atoms with E-state index >= 15 is 0 Å². The SMILES string of the molecule is N#Cc1c(-c2ccccc2)nc(NN=Cc2ccc(-n3ccnc3)c(Cl)c2)[nH]c1=O. The number of nitrogens with zero attached hydrogens (tertiary/aromatic N) is 5. The molecule has 0 atom stereocenters. The summed E-state index contributed by atoms with van der Waals surface area (Å²) >= 11 is 6.34. The largest absolute Gasteiger partial charge is 0.305 e. The van der Waals surface area contributed by atoms with Crippen LogP contribution in [-0.4, -0.2) is 25.7 Å². The fourth-order valence-corrected chi connectivity index (χ4v) is 3.10. The summed E-state index contributed by atoms with van der Waals surface area (Å²) in [4.78, 5) is 23.1. The molecule has 2 heterocycles. The van der Waals surface area contributed by atoms with E-state index in [0.717, 1.165) is 11.3 Å². The minimum absolute atomic E-state index is 0.0578. The Kier molecular flexibility index (Phi) is 5.37. The van der Waals surface area contributed by atoms with Crippen molar-refractivity contribution < 1.29 is 0 Å². The highest BCUT2D eigenvalue weighted by Gasteiger charge is 2.12. The van der Waals surface area contributed by atoms with Gasteiger partial charge in [-0.05, 0) is 17.7 Å². The summed E-state index contributed by atoms with van der Waals surface area (Å²) in [7, 11) is 0. The van der Waals surface area contributed by atoms with E-state index in [1.807, 2.05) is 36.4 Å². The molecule has 2 aromatic carbocycles. The van der Waals surface area contributed by atoms with Crippen molar-refractivity contribution in [1.29, 1.82) is 5.26 Å². The summed E-state index contributed by atoms with van der Waals surface area (Å²) in [5.74, 6) is 0.121. The summed E-state index contributed by atoms with van der Waals surface area (Å²) in [6.07, 6.45) is 6.68. The van der Waals surface area contributed by atoms with Gasteiger partial charge in [-0.2, -0.15) is 10.4 Å². The number of benzene rings is 2. The summed E-state index contributed by atoms with van der Waals surface area (Å²) in [6, 6.07) is 16.4. The van der Waals surface area contributed by atoms with Crippen LogP contribution in [0.15, 0.2) is 77.1 Å². The van der Waals surface area contributed by atoms with E-state index in [0.29, 0.717) is 10.6 Å². The maximum Gasteiger partial charge on any atom is 0.270 e. The summed E-state index contributed by atoms with van der Waals surface area (Å²) in [6.45, 7) is 0. The normalized spacial score (nSPS) is 10.8. The molecule has 4 rings (SSSR count). The number of H-pyrrole nitrogens is 1. The molecule has 146 valence electrons. The van der Waals surface area contributed by atoms with Crippen molar-refractivity contribution >= 4 is 23.8 Å². The first-order valence-corrected chi connectivity index (χ1v) is 9.20. The number of nitriles is 1. The predicted octanol–water partition coefficient (Wildman–Crippen LogP) is 3.59. The zero-order valence-electron chi connectivity index (χ0n) is 15.5. The molecular weight excluding hydrogens is 402 g/mol. The molecule has 30 heavy (non-hydrogen) atoms. The third-order valence-electron chi connectivity index (χ3n) is 4.22. The third-order valence-corrected chi connectivity index (χ3v) is 4.52. The average molecular weight is 416 g/mol. The van der Waals surface area contributed by atoms with E-state index in [1.165, 1.54) is 0 Å². The van der Waals surface area contributed by atoms with Crippen molar-refractivity contribution in [2.24, 2.45) is 5.10 Å². The fourth-order valence-electron chi connectivity index (χ4n) is 2.82. The van der Waals surface area contributed by atoms with E-state index in [2.05, 4.69) is 25.5 Å². The molecule has 0 aliphatic rings. The van der Waals surface area contributed by atoms with Gasteiger partial charge in [0.1, 0.15) is 11.6 Å². The minimum atomic E-state index is -0.545. The first-order valence-electron chi connectivity index (χ1n) is 8.82. The molecule has 0 aliphatic heterocycles. The molecule has 0 saturated heterocycles. The van der Waals surface area contributed by atoms with Crippen LogP contribution in [0.25, 0.3) is 16.9 Å². The number of aromatic amines is 1. The van der Waals surface area contributed by atoms with Gasteiger partial charge in [-0.3, -0.25) is 9.78 Å². The molecule has 0 spiro atoms. The molecular formula is C21H14ClN7O. The highest BCUT2D eigenvalue weighted by atomic mass is 35.5. The van der Waals surface area contributed by atoms with Gasteiger partial charge in [0.15, 0.2) is 0 Å². The van der Waals surface area contributed by atoms with Crippen molar-refractivity contribution in [2.75, 3.05) is 5.43 Å². The topological polar surface area (TPSA) is 112 Å². The van der Waals surface area contributed by atoms with Crippen LogP contribution in [0.2, 0.25) is 5.02 Å². The van der Waals surface area contributed by atoms with E-state index in [-0.39, 0.29) is 17.2 Å². The third kappa shape index (κ3) is 3.97. The lowest BCUT2D eigenvalue weighted by Gasteiger charge is -2.07. The van der Waals surface area contributed by atoms with Crippen LogP contribution >= 0.6 is 11.6 Å². The maximum absolute atomic E-state index is 12.3. The van der Waals surface area contributed by atoms with Gasteiger partial charge in [0.25, 0.3) is 5.56 Å². The standard InChI is InChI=1S/C21H14ClN7O/c22-17-10-14(6-7-18(17)29-9-8-24-13-29)12-25-28-21-26-19(15-4-2-1-3-5-15)16(11-23)20(30)27-21/h1-10,12-13H,(H2,26,27,28,30). The number of imidazole rings is 1. The maximum atomic E-state index is 12.3. The van der Waals surface area contributed by atoms with Crippen LogP contribution in [0.4, 0.5) is 5.95 Å². The van der Waals surface area contributed by atoms with Gasteiger partial charge >= 0.3 is 0 Å². The molecule has 0 unspecified atom stereocenters. The Hall–Kier alpha value is -4.22. The number of nitrogens with one attached hydrogen (secondary N) is 2. The van der Waals surface area contributed by atoms with E-state index in [4.69, 9.17) is 11.6 Å². The Labute approximate surface area is 176 Å². The zero-order chi connectivity index (χ0) is 20.9. The highest BCUT2D eigenvalue weighted by Crippen LogP contribution is 2.21. The predicted molar refractivity (Wildman–Crippen MR) is 115 cm³/mol. The smallest absolute Gasteiger partial charge is 0.270 e. The first kappa shape index (κ1) is 19.1.